The maximum absolute atomic E-state index is 11.3. The van der Waals surface area contributed by atoms with Gasteiger partial charge >= 0.3 is 5.97 Å². The van der Waals surface area contributed by atoms with Crippen molar-refractivity contribution < 1.29 is 19.4 Å². The molecule has 1 aliphatic carbocycles. The van der Waals surface area contributed by atoms with Gasteiger partial charge in [-0.25, -0.2) is 4.79 Å². The van der Waals surface area contributed by atoms with E-state index in [0.717, 1.165) is 12.8 Å². The Bertz CT molecular complexity index is 478. The Morgan fingerprint density at radius 1 is 1.33 bits per heavy atom. The van der Waals surface area contributed by atoms with Gasteiger partial charge in [-0.1, -0.05) is 0 Å². The van der Waals surface area contributed by atoms with Gasteiger partial charge in [0, 0.05) is 11.5 Å². The van der Waals surface area contributed by atoms with Gasteiger partial charge < -0.3 is 15.6 Å². The molecule has 2 rings (SSSR count). The molecule has 0 bridgehead atoms. The van der Waals surface area contributed by atoms with E-state index in [1.807, 2.05) is 0 Å². The van der Waals surface area contributed by atoms with Gasteiger partial charge in [0.1, 0.15) is 5.75 Å². The monoisotopic (exact) mass is 249 g/mol. The summed E-state index contributed by atoms with van der Waals surface area (Å²) in [5.41, 5.74) is 4.29. The Balaban J connectivity index is 2.17. The maximum atomic E-state index is 11.3. The van der Waals surface area contributed by atoms with Crippen LogP contribution in [-0.4, -0.2) is 22.6 Å². The number of nitrogens with two attached hydrogens (primary N) is 1. The minimum Gasteiger partial charge on any atom is -0.478 e. The molecule has 1 saturated carbocycles. The SMILES string of the molecule is CC(Oc1ccc(C(N)=O)cc1)(C(=O)O)C1CC1. The van der Waals surface area contributed by atoms with Crippen LogP contribution in [0.5, 0.6) is 5.75 Å². The van der Waals surface area contributed by atoms with Gasteiger partial charge in [0.25, 0.3) is 0 Å². The fourth-order valence-corrected chi connectivity index (χ4v) is 1.87. The van der Waals surface area contributed by atoms with Crippen LogP contribution < -0.4 is 10.5 Å². The second kappa shape index (κ2) is 4.33. The lowest BCUT2D eigenvalue weighted by molar-refractivity contribution is -0.155. The number of amides is 1. The molecule has 0 aliphatic heterocycles. The first-order chi connectivity index (χ1) is 8.43. The first kappa shape index (κ1) is 12.4. The number of carbonyl (C=O) groups is 2. The summed E-state index contributed by atoms with van der Waals surface area (Å²) in [6, 6.07) is 6.16. The Morgan fingerprint density at radius 3 is 2.28 bits per heavy atom. The number of carboxylic acid groups (broad SMARTS) is 1. The van der Waals surface area contributed by atoms with E-state index in [9.17, 15) is 14.7 Å². The second-order valence-corrected chi connectivity index (χ2v) is 4.68. The molecule has 96 valence electrons. The predicted molar refractivity (Wildman–Crippen MR) is 64.4 cm³/mol. The number of aliphatic carboxylic acids is 1. The average molecular weight is 249 g/mol. The standard InChI is InChI=1S/C13H15NO4/c1-13(12(16)17,9-4-5-9)18-10-6-2-8(3-7-10)11(14)15/h2-3,6-7,9H,4-5H2,1H3,(H2,14,15)(H,16,17). The molecule has 3 N–H and O–H groups in total. The van der Waals surface area contributed by atoms with Crippen molar-refractivity contribution in [1.82, 2.24) is 0 Å². The number of rotatable bonds is 5. The van der Waals surface area contributed by atoms with E-state index in [2.05, 4.69) is 0 Å². The highest BCUT2D eigenvalue weighted by atomic mass is 16.5. The summed E-state index contributed by atoms with van der Waals surface area (Å²) in [7, 11) is 0. The molecule has 18 heavy (non-hydrogen) atoms. The summed E-state index contributed by atoms with van der Waals surface area (Å²) >= 11 is 0. The van der Waals surface area contributed by atoms with E-state index in [-0.39, 0.29) is 5.92 Å². The van der Waals surface area contributed by atoms with E-state index in [4.69, 9.17) is 10.5 Å². The van der Waals surface area contributed by atoms with Crippen LogP contribution in [-0.2, 0) is 4.79 Å². The molecule has 0 radical (unpaired) electrons. The third-order valence-electron chi connectivity index (χ3n) is 3.25. The highest BCUT2D eigenvalue weighted by Gasteiger charge is 2.49. The van der Waals surface area contributed by atoms with Crippen LogP contribution in [0, 0.1) is 5.92 Å². The number of carbonyl (C=O) groups excluding carboxylic acids is 1. The summed E-state index contributed by atoms with van der Waals surface area (Å²) in [4.78, 5) is 22.2. The summed E-state index contributed by atoms with van der Waals surface area (Å²) in [5.74, 6) is -1.02. The first-order valence-corrected chi connectivity index (χ1v) is 5.76. The summed E-state index contributed by atoms with van der Waals surface area (Å²) < 4.78 is 5.57. The van der Waals surface area contributed by atoms with E-state index in [0.29, 0.717) is 11.3 Å². The lowest BCUT2D eigenvalue weighted by atomic mass is 10.0. The molecule has 1 atom stereocenters. The molecular formula is C13H15NO4. The molecule has 0 saturated heterocycles. The van der Waals surface area contributed by atoms with Crippen molar-refractivity contribution in [3.63, 3.8) is 0 Å². The topological polar surface area (TPSA) is 89.6 Å². The van der Waals surface area contributed by atoms with Crippen molar-refractivity contribution in [2.24, 2.45) is 11.7 Å². The van der Waals surface area contributed by atoms with Gasteiger partial charge in [0.05, 0.1) is 0 Å². The lowest BCUT2D eigenvalue weighted by Crippen LogP contribution is -2.43. The first-order valence-electron chi connectivity index (χ1n) is 5.76. The van der Waals surface area contributed by atoms with Gasteiger partial charge in [-0.3, -0.25) is 4.79 Å². The summed E-state index contributed by atoms with van der Waals surface area (Å²) in [6.07, 6.45) is 1.73. The van der Waals surface area contributed by atoms with Crippen molar-refractivity contribution in [3.05, 3.63) is 29.8 Å². The third-order valence-corrected chi connectivity index (χ3v) is 3.25. The van der Waals surface area contributed by atoms with Gasteiger partial charge in [-0.2, -0.15) is 0 Å². The molecule has 5 heteroatoms. The lowest BCUT2D eigenvalue weighted by Gasteiger charge is -2.26. The maximum Gasteiger partial charge on any atom is 0.348 e. The molecule has 1 aromatic rings. The number of ether oxygens (including phenoxy) is 1. The fraction of sp³-hybridized carbons (Fsp3) is 0.385. The molecule has 0 heterocycles. The number of hydrogen-bond donors (Lipinski definition) is 2. The molecule has 0 aromatic heterocycles. The zero-order valence-corrected chi connectivity index (χ0v) is 10.1. The highest BCUT2D eigenvalue weighted by Crippen LogP contribution is 2.42. The van der Waals surface area contributed by atoms with E-state index >= 15 is 0 Å². The molecular weight excluding hydrogens is 234 g/mol. The highest BCUT2D eigenvalue weighted by molar-refractivity contribution is 5.92. The largest absolute Gasteiger partial charge is 0.478 e. The van der Waals surface area contributed by atoms with E-state index < -0.39 is 17.5 Å². The Labute approximate surface area is 105 Å². The molecule has 1 fully saturated rings. The van der Waals surface area contributed by atoms with Gasteiger partial charge in [-0.05, 0) is 44.0 Å². The van der Waals surface area contributed by atoms with Crippen LogP contribution in [0.25, 0.3) is 0 Å². The number of hydrogen-bond acceptors (Lipinski definition) is 3. The molecule has 5 nitrogen and oxygen atoms in total. The number of benzene rings is 1. The molecule has 0 spiro atoms. The summed E-state index contributed by atoms with van der Waals surface area (Å²) in [6.45, 7) is 1.58. The van der Waals surface area contributed by atoms with Crippen molar-refractivity contribution in [2.45, 2.75) is 25.4 Å². The van der Waals surface area contributed by atoms with Crippen molar-refractivity contribution in [1.29, 1.82) is 0 Å². The summed E-state index contributed by atoms with van der Waals surface area (Å²) in [5, 5.41) is 9.25. The van der Waals surface area contributed by atoms with Crippen LogP contribution in [0.15, 0.2) is 24.3 Å². The zero-order valence-electron chi connectivity index (χ0n) is 10.1. The predicted octanol–water partition coefficient (Wildman–Crippen LogP) is 1.42. The Hall–Kier alpha value is -2.04. The van der Waals surface area contributed by atoms with Crippen molar-refractivity contribution in [2.75, 3.05) is 0 Å². The van der Waals surface area contributed by atoms with Crippen LogP contribution in [0.4, 0.5) is 0 Å². The Kier molecular flexibility index (Phi) is 2.98. The van der Waals surface area contributed by atoms with Crippen molar-refractivity contribution in [3.8, 4) is 5.75 Å². The normalized spacial score (nSPS) is 17.8. The van der Waals surface area contributed by atoms with E-state index in [1.165, 1.54) is 12.1 Å². The van der Waals surface area contributed by atoms with Gasteiger partial charge in [0.2, 0.25) is 11.5 Å². The fourth-order valence-electron chi connectivity index (χ4n) is 1.87. The Morgan fingerprint density at radius 2 is 1.89 bits per heavy atom. The van der Waals surface area contributed by atoms with Gasteiger partial charge in [0.15, 0.2) is 0 Å². The zero-order chi connectivity index (χ0) is 13.3. The number of carboxylic acids is 1. The van der Waals surface area contributed by atoms with Crippen LogP contribution >= 0.6 is 0 Å². The molecule has 1 amide bonds. The second-order valence-electron chi connectivity index (χ2n) is 4.68. The molecule has 1 aliphatic rings. The minimum atomic E-state index is -1.20. The van der Waals surface area contributed by atoms with Crippen LogP contribution in [0.1, 0.15) is 30.1 Å². The van der Waals surface area contributed by atoms with Gasteiger partial charge in [-0.15, -0.1) is 0 Å². The third kappa shape index (κ3) is 2.30. The smallest absolute Gasteiger partial charge is 0.348 e. The molecule has 1 aromatic carbocycles. The van der Waals surface area contributed by atoms with Crippen molar-refractivity contribution >= 4 is 11.9 Å². The van der Waals surface area contributed by atoms with Crippen LogP contribution in [0.3, 0.4) is 0 Å². The number of primary amides is 1. The molecule has 1 unspecified atom stereocenters. The van der Waals surface area contributed by atoms with E-state index in [1.54, 1.807) is 19.1 Å². The quantitative estimate of drug-likeness (QED) is 0.825. The van der Waals surface area contributed by atoms with Crippen LogP contribution in [0.2, 0.25) is 0 Å². The minimum absolute atomic E-state index is 0.0471. The average Bonchev–Trinajstić information content (AvgIpc) is 3.13.